The fourth-order valence-corrected chi connectivity index (χ4v) is 1.89. The van der Waals surface area contributed by atoms with Crippen LogP contribution in [0.4, 0.5) is 4.79 Å². The summed E-state index contributed by atoms with van der Waals surface area (Å²) in [6, 6.07) is 8.16. The number of carbonyl (C=O) groups excluding carboxylic acids is 1. The van der Waals surface area contributed by atoms with Crippen LogP contribution in [0.5, 0.6) is 0 Å². The van der Waals surface area contributed by atoms with Gasteiger partial charge in [-0.25, -0.2) is 4.79 Å². The van der Waals surface area contributed by atoms with Crippen LogP contribution < -0.4 is 5.32 Å². The number of alkyl carbamates (subject to hydrolysis) is 1. The van der Waals surface area contributed by atoms with Crippen LogP contribution in [0, 0.1) is 0 Å². The van der Waals surface area contributed by atoms with Gasteiger partial charge in [-0.1, -0.05) is 45.0 Å². The molecule has 0 spiro atoms. The molecule has 0 aliphatic heterocycles. The SMILES string of the molecule is CC(C)(C)OC(=O)NCc1ccccc1C(C)(C)C. The zero-order valence-electron chi connectivity index (χ0n) is 12.8. The lowest BCUT2D eigenvalue weighted by atomic mass is 9.84. The highest BCUT2D eigenvalue weighted by atomic mass is 16.6. The molecule has 0 radical (unpaired) electrons. The Morgan fingerprint density at radius 1 is 1.11 bits per heavy atom. The van der Waals surface area contributed by atoms with Crippen LogP contribution in [-0.4, -0.2) is 11.7 Å². The first-order valence-corrected chi connectivity index (χ1v) is 6.65. The van der Waals surface area contributed by atoms with Crippen molar-refractivity contribution in [1.82, 2.24) is 5.32 Å². The monoisotopic (exact) mass is 263 g/mol. The predicted molar refractivity (Wildman–Crippen MR) is 78.2 cm³/mol. The number of benzene rings is 1. The minimum atomic E-state index is -0.465. The summed E-state index contributed by atoms with van der Waals surface area (Å²) >= 11 is 0. The highest BCUT2D eigenvalue weighted by Gasteiger charge is 2.19. The molecule has 0 aliphatic rings. The quantitative estimate of drug-likeness (QED) is 0.875. The van der Waals surface area contributed by atoms with Crippen LogP contribution in [0.1, 0.15) is 52.7 Å². The van der Waals surface area contributed by atoms with E-state index in [2.05, 4.69) is 32.2 Å². The van der Waals surface area contributed by atoms with E-state index in [4.69, 9.17) is 4.74 Å². The third kappa shape index (κ3) is 5.33. The number of hydrogen-bond acceptors (Lipinski definition) is 2. The molecule has 1 amide bonds. The minimum absolute atomic E-state index is 0.0617. The second kappa shape index (κ2) is 5.64. The largest absolute Gasteiger partial charge is 0.444 e. The lowest BCUT2D eigenvalue weighted by Crippen LogP contribution is -2.32. The average Bonchev–Trinajstić information content (AvgIpc) is 2.23. The van der Waals surface area contributed by atoms with Gasteiger partial charge >= 0.3 is 6.09 Å². The molecule has 0 bridgehead atoms. The summed E-state index contributed by atoms with van der Waals surface area (Å²) in [7, 11) is 0. The van der Waals surface area contributed by atoms with Crippen molar-refractivity contribution in [2.75, 3.05) is 0 Å². The number of ether oxygens (including phenoxy) is 1. The highest BCUT2D eigenvalue weighted by Crippen LogP contribution is 2.25. The number of hydrogen-bond donors (Lipinski definition) is 1. The van der Waals surface area contributed by atoms with Gasteiger partial charge < -0.3 is 10.1 Å². The number of rotatable bonds is 2. The molecule has 0 saturated heterocycles. The molecule has 3 heteroatoms. The van der Waals surface area contributed by atoms with Gasteiger partial charge in [-0.05, 0) is 37.3 Å². The Morgan fingerprint density at radius 2 is 1.68 bits per heavy atom. The number of carbonyl (C=O) groups is 1. The molecule has 0 saturated carbocycles. The molecule has 3 nitrogen and oxygen atoms in total. The topological polar surface area (TPSA) is 38.3 Å². The second-order valence-electron chi connectivity index (χ2n) is 6.76. The van der Waals surface area contributed by atoms with Gasteiger partial charge in [0.15, 0.2) is 0 Å². The van der Waals surface area contributed by atoms with Gasteiger partial charge in [0.2, 0.25) is 0 Å². The van der Waals surface area contributed by atoms with Crippen molar-refractivity contribution in [3.63, 3.8) is 0 Å². The fraction of sp³-hybridized carbons (Fsp3) is 0.562. The molecule has 19 heavy (non-hydrogen) atoms. The van der Waals surface area contributed by atoms with Crippen LogP contribution in [0.2, 0.25) is 0 Å². The predicted octanol–water partition coefficient (Wildman–Crippen LogP) is 4.01. The van der Waals surface area contributed by atoms with Crippen LogP contribution >= 0.6 is 0 Å². The lowest BCUT2D eigenvalue weighted by molar-refractivity contribution is 0.0523. The average molecular weight is 263 g/mol. The first-order chi connectivity index (χ1) is 8.59. The third-order valence-electron chi connectivity index (χ3n) is 2.65. The minimum Gasteiger partial charge on any atom is -0.444 e. The number of nitrogens with one attached hydrogen (secondary N) is 1. The summed E-state index contributed by atoms with van der Waals surface area (Å²) in [5, 5.41) is 2.81. The normalized spacial score (nSPS) is 12.1. The Hall–Kier alpha value is -1.51. The summed E-state index contributed by atoms with van der Waals surface area (Å²) in [5.74, 6) is 0. The van der Waals surface area contributed by atoms with Crippen molar-refractivity contribution < 1.29 is 9.53 Å². The molecule has 106 valence electrons. The van der Waals surface area contributed by atoms with E-state index in [1.54, 1.807) is 0 Å². The van der Waals surface area contributed by atoms with Crippen molar-refractivity contribution in [3.05, 3.63) is 35.4 Å². The first-order valence-electron chi connectivity index (χ1n) is 6.65. The number of amides is 1. The van der Waals surface area contributed by atoms with Crippen molar-refractivity contribution >= 4 is 6.09 Å². The van der Waals surface area contributed by atoms with Crippen molar-refractivity contribution in [2.45, 2.75) is 59.1 Å². The van der Waals surface area contributed by atoms with E-state index in [1.807, 2.05) is 39.0 Å². The molecule has 0 heterocycles. The maximum atomic E-state index is 11.7. The molecule has 1 aromatic carbocycles. The Morgan fingerprint density at radius 3 is 2.21 bits per heavy atom. The Bertz CT molecular complexity index is 439. The molecular formula is C16H25NO2. The smallest absolute Gasteiger partial charge is 0.407 e. The molecule has 1 N–H and O–H groups in total. The third-order valence-corrected chi connectivity index (χ3v) is 2.65. The summed E-state index contributed by atoms with van der Waals surface area (Å²) in [6.45, 7) is 12.6. The molecule has 0 atom stereocenters. The zero-order valence-corrected chi connectivity index (χ0v) is 12.8. The fourth-order valence-electron chi connectivity index (χ4n) is 1.89. The van der Waals surface area contributed by atoms with E-state index in [0.717, 1.165) is 5.56 Å². The van der Waals surface area contributed by atoms with E-state index in [9.17, 15) is 4.79 Å². The van der Waals surface area contributed by atoms with Crippen LogP contribution in [0.25, 0.3) is 0 Å². The molecule has 0 aliphatic carbocycles. The summed E-state index contributed by atoms with van der Waals surface area (Å²) in [5.41, 5.74) is 1.96. The molecule has 0 fully saturated rings. The van der Waals surface area contributed by atoms with Crippen LogP contribution in [-0.2, 0) is 16.7 Å². The van der Waals surface area contributed by atoms with Crippen molar-refractivity contribution in [2.24, 2.45) is 0 Å². The molecule has 0 aromatic heterocycles. The van der Waals surface area contributed by atoms with Gasteiger partial charge in [0.1, 0.15) is 5.60 Å². The summed E-state index contributed by atoms with van der Waals surface area (Å²) < 4.78 is 5.23. The molecule has 1 aromatic rings. The van der Waals surface area contributed by atoms with E-state index >= 15 is 0 Å². The van der Waals surface area contributed by atoms with Gasteiger partial charge in [-0.3, -0.25) is 0 Å². The Balaban J connectivity index is 2.71. The second-order valence-corrected chi connectivity index (χ2v) is 6.76. The van der Waals surface area contributed by atoms with Crippen molar-refractivity contribution in [3.8, 4) is 0 Å². The zero-order chi connectivity index (χ0) is 14.7. The van der Waals surface area contributed by atoms with E-state index in [0.29, 0.717) is 6.54 Å². The van der Waals surface area contributed by atoms with Crippen molar-refractivity contribution in [1.29, 1.82) is 0 Å². The van der Waals surface area contributed by atoms with Gasteiger partial charge in [0.05, 0.1) is 0 Å². The van der Waals surface area contributed by atoms with Gasteiger partial charge in [0.25, 0.3) is 0 Å². The lowest BCUT2D eigenvalue weighted by Gasteiger charge is -2.24. The molecular weight excluding hydrogens is 238 g/mol. The van der Waals surface area contributed by atoms with E-state index in [1.165, 1.54) is 5.56 Å². The maximum Gasteiger partial charge on any atom is 0.407 e. The van der Waals surface area contributed by atoms with Gasteiger partial charge in [0, 0.05) is 6.54 Å². The summed E-state index contributed by atoms with van der Waals surface area (Å²) in [4.78, 5) is 11.7. The summed E-state index contributed by atoms with van der Waals surface area (Å²) in [6.07, 6.45) is -0.379. The van der Waals surface area contributed by atoms with E-state index < -0.39 is 5.60 Å². The van der Waals surface area contributed by atoms with Gasteiger partial charge in [-0.15, -0.1) is 0 Å². The highest BCUT2D eigenvalue weighted by molar-refractivity contribution is 5.67. The van der Waals surface area contributed by atoms with Crippen LogP contribution in [0.15, 0.2) is 24.3 Å². The van der Waals surface area contributed by atoms with Crippen LogP contribution in [0.3, 0.4) is 0 Å². The first kappa shape index (κ1) is 15.5. The standard InChI is InChI=1S/C16H25NO2/c1-15(2,3)13-10-8-7-9-12(13)11-17-14(18)19-16(4,5)6/h7-10H,11H2,1-6H3,(H,17,18). The molecule has 1 rings (SSSR count). The Kier molecular flexibility index (Phi) is 4.61. The Labute approximate surface area is 116 Å². The maximum absolute atomic E-state index is 11.7. The van der Waals surface area contributed by atoms with Gasteiger partial charge in [-0.2, -0.15) is 0 Å². The van der Waals surface area contributed by atoms with E-state index in [-0.39, 0.29) is 11.5 Å². The molecule has 0 unspecified atom stereocenters.